The van der Waals surface area contributed by atoms with Crippen LogP contribution >= 0.6 is 11.8 Å². The van der Waals surface area contributed by atoms with Crippen LogP contribution in [0, 0.1) is 5.82 Å². The fraction of sp³-hybridized carbons (Fsp3) is 0.333. The van der Waals surface area contributed by atoms with E-state index in [2.05, 4.69) is 13.8 Å². The summed E-state index contributed by atoms with van der Waals surface area (Å²) in [5, 5.41) is 1.46. The smallest absolute Gasteiger partial charge is 0.134 e. The van der Waals surface area contributed by atoms with E-state index in [1.54, 1.807) is 12.3 Å². The third kappa shape index (κ3) is 2.34. The molecule has 0 aliphatic heterocycles. The Labute approximate surface area is 92.7 Å². The summed E-state index contributed by atoms with van der Waals surface area (Å²) in [6.07, 6.45) is 1.72. The molecule has 0 bridgehead atoms. The van der Waals surface area contributed by atoms with Crippen molar-refractivity contribution in [1.29, 1.82) is 0 Å². The number of benzene rings is 1. The minimum Gasteiger partial charge on any atom is -0.464 e. The molecule has 1 aromatic carbocycles. The maximum absolute atomic E-state index is 13.0. The van der Waals surface area contributed by atoms with E-state index in [-0.39, 0.29) is 5.82 Å². The molecule has 2 rings (SSSR count). The summed E-state index contributed by atoms with van der Waals surface area (Å²) in [6.45, 7) is 4.29. The van der Waals surface area contributed by atoms with Gasteiger partial charge in [0.05, 0.1) is 6.26 Å². The Morgan fingerprint density at radius 3 is 2.93 bits per heavy atom. The fourth-order valence-corrected chi connectivity index (χ4v) is 2.16. The lowest BCUT2D eigenvalue weighted by atomic mass is 10.2. The summed E-state index contributed by atoms with van der Waals surface area (Å²) in [7, 11) is 0. The first kappa shape index (κ1) is 10.6. The largest absolute Gasteiger partial charge is 0.464 e. The zero-order valence-corrected chi connectivity index (χ0v) is 9.60. The summed E-state index contributed by atoms with van der Waals surface area (Å²) < 4.78 is 18.4. The molecule has 0 aliphatic carbocycles. The monoisotopic (exact) mass is 224 g/mol. The molecule has 1 aromatic heterocycles. The molecule has 0 spiro atoms. The quantitative estimate of drug-likeness (QED) is 0.774. The maximum Gasteiger partial charge on any atom is 0.134 e. The third-order valence-corrected chi connectivity index (χ3v) is 3.33. The second-order valence-corrected chi connectivity index (χ2v) is 5.33. The Morgan fingerprint density at radius 2 is 2.20 bits per heavy atom. The van der Waals surface area contributed by atoms with Crippen molar-refractivity contribution in [3.05, 3.63) is 35.8 Å². The number of fused-ring (bicyclic) bond motifs is 1. The van der Waals surface area contributed by atoms with Crippen LogP contribution in [0.1, 0.15) is 19.4 Å². The topological polar surface area (TPSA) is 13.1 Å². The van der Waals surface area contributed by atoms with Gasteiger partial charge in [0.1, 0.15) is 11.4 Å². The van der Waals surface area contributed by atoms with Gasteiger partial charge in [-0.15, -0.1) is 0 Å². The average Bonchev–Trinajstić information content (AvgIpc) is 2.57. The standard InChI is InChI=1S/C12H13FOS/c1-8(2)15-7-9-6-14-12-4-3-10(13)5-11(9)12/h3-6,8H,7H2,1-2H3. The Morgan fingerprint density at radius 1 is 1.40 bits per heavy atom. The summed E-state index contributed by atoms with van der Waals surface area (Å²) >= 11 is 1.83. The van der Waals surface area contributed by atoms with E-state index in [0.29, 0.717) is 5.25 Å². The highest BCUT2D eigenvalue weighted by atomic mass is 32.2. The molecule has 3 heteroatoms. The van der Waals surface area contributed by atoms with Crippen LogP contribution in [0.25, 0.3) is 11.0 Å². The molecule has 0 atom stereocenters. The minimum atomic E-state index is -0.209. The highest BCUT2D eigenvalue weighted by molar-refractivity contribution is 7.99. The zero-order chi connectivity index (χ0) is 10.8. The van der Waals surface area contributed by atoms with Gasteiger partial charge in [-0.25, -0.2) is 4.39 Å². The van der Waals surface area contributed by atoms with Gasteiger partial charge in [-0.3, -0.25) is 0 Å². The predicted molar refractivity (Wildman–Crippen MR) is 62.6 cm³/mol. The fourth-order valence-electron chi connectivity index (χ4n) is 1.42. The van der Waals surface area contributed by atoms with Gasteiger partial charge < -0.3 is 4.42 Å². The Balaban J connectivity index is 2.31. The summed E-state index contributed by atoms with van der Waals surface area (Å²) in [5.41, 5.74) is 1.83. The van der Waals surface area contributed by atoms with E-state index in [1.165, 1.54) is 12.1 Å². The van der Waals surface area contributed by atoms with E-state index in [1.807, 2.05) is 11.8 Å². The van der Waals surface area contributed by atoms with Gasteiger partial charge in [0, 0.05) is 16.7 Å². The van der Waals surface area contributed by atoms with Crippen molar-refractivity contribution < 1.29 is 8.81 Å². The summed E-state index contributed by atoms with van der Waals surface area (Å²) in [6, 6.07) is 4.63. The van der Waals surface area contributed by atoms with E-state index < -0.39 is 0 Å². The number of rotatable bonds is 3. The van der Waals surface area contributed by atoms with Gasteiger partial charge in [0.25, 0.3) is 0 Å². The lowest BCUT2D eigenvalue weighted by Crippen LogP contribution is -1.87. The molecule has 1 nitrogen and oxygen atoms in total. The second kappa shape index (κ2) is 4.27. The highest BCUT2D eigenvalue weighted by Gasteiger charge is 2.07. The first-order valence-corrected chi connectivity index (χ1v) is 5.99. The van der Waals surface area contributed by atoms with E-state index in [0.717, 1.165) is 22.3 Å². The number of furan rings is 1. The molecule has 2 aromatic rings. The van der Waals surface area contributed by atoms with Crippen molar-refractivity contribution in [2.24, 2.45) is 0 Å². The van der Waals surface area contributed by atoms with Crippen molar-refractivity contribution in [2.45, 2.75) is 24.9 Å². The van der Waals surface area contributed by atoms with Crippen molar-refractivity contribution in [3.63, 3.8) is 0 Å². The number of halogens is 1. The molecular weight excluding hydrogens is 211 g/mol. The molecule has 1 heterocycles. The van der Waals surface area contributed by atoms with Gasteiger partial charge in [-0.1, -0.05) is 13.8 Å². The molecule has 0 radical (unpaired) electrons. The third-order valence-electron chi connectivity index (χ3n) is 2.19. The molecule has 0 unspecified atom stereocenters. The van der Waals surface area contributed by atoms with Crippen LogP contribution in [0.5, 0.6) is 0 Å². The maximum atomic E-state index is 13.0. The van der Waals surface area contributed by atoms with Gasteiger partial charge in [-0.05, 0) is 23.4 Å². The van der Waals surface area contributed by atoms with Gasteiger partial charge in [0.2, 0.25) is 0 Å². The predicted octanol–water partition coefficient (Wildman–Crippen LogP) is 4.21. The summed E-state index contributed by atoms with van der Waals surface area (Å²) in [5.74, 6) is 0.661. The van der Waals surface area contributed by atoms with E-state index in [4.69, 9.17) is 4.42 Å². The number of hydrogen-bond donors (Lipinski definition) is 0. The number of hydrogen-bond acceptors (Lipinski definition) is 2. The molecule has 0 saturated heterocycles. The zero-order valence-electron chi connectivity index (χ0n) is 8.79. The van der Waals surface area contributed by atoms with Gasteiger partial charge in [0.15, 0.2) is 0 Å². The first-order chi connectivity index (χ1) is 7.16. The van der Waals surface area contributed by atoms with Crippen LogP contribution < -0.4 is 0 Å². The highest BCUT2D eigenvalue weighted by Crippen LogP contribution is 2.26. The molecule has 0 aliphatic rings. The van der Waals surface area contributed by atoms with E-state index >= 15 is 0 Å². The molecule has 0 saturated carbocycles. The van der Waals surface area contributed by atoms with Crippen molar-refractivity contribution in [2.75, 3.05) is 0 Å². The minimum absolute atomic E-state index is 0.209. The second-order valence-electron chi connectivity index (χ2n) is 3.76. The SMILES string of the molecule is CC(C)SCc1coc2ccc(F)cc12. The van der Waals surface area contributed by atoms with E-state index in [9.17, 15) is 4.39 Å². The van der Waals surface area contributed by atoms with Gasteiger partial charge >= 0.3 is 0 Å². The van der Waals surface area contributed by atoms with Crippen LogP contribution in [-0.2, 0) is 5.75 Å². The van der Waals surface area contributed by atoms with Crippen molar-refractivity contribution >= 4 is 22.7 Å². The molecule has 0 N–H and O–H groups in total. The molecular formula is C12H13FOS. The van der Waals surface area contributed by atoms with Crippen LogP contribution in [0.4, 0.5) is 4.39 Å². The van der Waals surface area contributed by atoms with Crippen LogP contribution in [0.15, 0.2) is 28.9 Å². The molecule has 0 fully saturated rings. The molecule has 0 amide bonds. The molecule has 15 heavy (non-hydrogen) atoms. The Bertz CT molecular complexity index is 462. The first-order valence-electron chi connectivity index (χ1n) is 4.94. The Kier molecular flexibility index (Phi) is 3.00. The Hall–Kier alpha value is -0.960. The van der Waals surface area contributed by atoms with Crippen LogP contribution in [-0.4, -0.2) is 5.25 Å². The van der Waals surface area contributed by atoms with Crippen LogP contribution in [0.2, 0.25) is 0 Å². The van der Waals surface area contributed by atoms with Crippen molar-refractivity contribution in [1.82, 2.24) is 0 Å². The summed E-state index contributed by atoms with van der Waals surface area (Å²) in [4.78, 5) is 0. The lowest BCUT2D eigenvalue weighted by Gasteiger charge is -2.02. The molecule has 80 valence electrons. The van der Waals surface area contributed by atoms with Crippen LogP contribution in [0.3, 0.4) is 0 Å². The average molecular weight is 224 g/mol. The van der Waals surface area contributed by atoms with Gasteiger partial charge in [-0.2, -0.15) is 11.8 Å². The lowest BCUT2D eigenvalue weighted by molar-refractivity contribution is 0.607. The number of thioether (sulfide) groups is 1. The normalized spacial score (nSPS) is 11.5. The van der Waals surface area contributed by atoms with Crippen molar-refractivity contribution in [3.8, 4) is 0 Å².